The number of hydrogen-bond donors (Lipinski definition) is 2. The average Bonchev–Trinajstić information content (AvgIpc) is 2.50. The number of hydrogen-bond acceptors (Lipinski definition) is 5. The Balaban J connectivity index is 2.42. The molecule has 0 saturated carbocycles. The van der Waals surface area contributed by atoms with Crippen LogP contribution in [0.1, 0.15) is 17.3 Å². The molecule has 1 aromatic rings. The van der Waals surface area contributed by atoms with Gasteiger partial charge >= 0.3 is 11.5 Å². The first-order chi connectivity index (χ1) is 11.2. The standard InChI is InChI=1S/C14H15F3N2O4S/c1-2-18-11(20)7-19-12(21)8-23-13(22)9-3-5-10(6-4-9)24-14(15,16)17/h3-6H,2,7-8H2,1H3,(H,18,20)(H,19,21). The first-order valence-electron chi connectivity index (χ1n) is 6.77. The first-order valence-corrected chi connectivity index (χ1v) is 7.59. The van der Waals surface area contributed by atoms with Crippen molar-refractivity contribution in [3.63, 3.8) is 0 Å². The molecular formula is C14H15F3N2O4S. The van der Waals surface area contributed by atoms with Crippen LogP contribution < -0.4 is 10.6 Å². The van der Waals surface area contributed by atoms with E-state index in [0.29, 0.717) is 6.54 Å². The van der Waals surface area contributed by atoms with Crippen molar-refractivity contribution in [3.05, 3.63) is 29.8 Å². The lowest BCUT2D eigenvalue weighted by Crippen LogP contribution is -2.38. The summed E-state index contributed by atoms with van der Waals surface area (Å²) in [6, 6.07) is 4.60. The van der Waals surface area contributed by atoms with E-state index in [-0.39, 0.29) is 34.7 Å². The molecule has 6 nitrogen and oxygen atoms in total. The molecular weight excluding hydrogens is 349 g/mol. The minimum absolute atomic E-state index is 0.0121. The lowest BCUT2D eigenvalue weighted by molar-refractivity contribution is -0.127. The molecule has 2 N–H and O–H groups in total. The van der Waals surface area contributed by atoms with Gasteiger partial charge in [0.2, 0.25) is 5.91 Å². The lowest BCUT2D eigenvalue weighted by atomic mass is 10.2. The SMILES string of the molecule is CCNC(=O)CNC(=O)COC(=O)c1ccc(SC(F)(F)F)cc1. The molecule has 0 bridgehead atoms. The number of rotatable bonds is 7. The molecule has 0 aromatic heterocycles. The summed E-state index contributed by atoms with van der Waals surface area (Å²) in [4.78, 5) is 34.1. The Morgan fingerprint density at radius 2 is 1.71 bits per heavy atom. The molecule has 0 atom stereocenters. The number of carbonyl (C=O) groups is 3. The van der Waals surface area contributed by atoms with E-state index in [1.54, 1.807) is 6.92 Å². The van der Waals surface area contributed by atoms with E-state index >= 15 is 0 Å². The van der Waals surface area contributed by atoms with Crippen LogP contribution in [-0.4, -0.2) is 43.0 Å². The molecule has 1 rings (SSSR count). The summed E-state index contributed by atoms with van der Waals surface area (Å²) >= 11 is -0.301. The zero-order chi connectivity index (χ0) is 18.2. The highest BCUT2D eigenvalue weighted by atomic mass is 32.2. The molecule has 0 aliphatic carbocycles. The van der Waals surface area contributed by atoms with Crippen molar-refractivity contribution in [1.29, 1.82) is 0 Å². The van der Waals surface area contributed by atoms with Crippen LogP contribution >= 0.6 is 11.8 Å². The second-order valence-corrected chi connectivity index (χ2v) is 5.52. The van der Waals surface area contributed by atoms with Crippen LogP contribution in [0.2, 0.25) is 0 Å². The van der Waals surface area contributed by atoms with Gasteiger partial charge in [0.25, 0.3) is 5.91 Å². The van der Waals surface area contributed by atoms with E-state index in [1.807, 2.05) is 0 Å². The van der Waals surface area contributed by atoms with Crippen molar-refractivity contribution >= 4 is 29.5 Å². The van der Waals surface area contributed by atoms with Gasteiger partial charge in [-0.05, 0) is 43.0 Å². The minimum atomic E-state index is -4.41. The molecule has 0 radical (unpaired) electrons. The third-order valence-electron chi connectivity index (χ3n) is 2.48. The van der Waals surface area contributed by atoms with Crippen molar-refractivity contribution < 1.29 is 32.3 Å². The van der Waals surface area contributed by atoms with E-state index in [9.17, 15) is 27.6 Å². The average molecular weight is 364 g/mol. The number of alkyl halides is 3. The predicted octanol–water partition coefficient (Wildman–Crippen LogP) is 1.71. The highest BCUT2D eigenvalue weighted by molar-refractivity contribution is 8.00. The van der Waals surface area contributed by atoms with Crippen LogP contribution in [0.5, 0.6) is 0 Å². The summed E-state index contributed by atoms with van der Waals surface area (Å²) in [5, 5.41) is 4.72. The molecule has 0 aliphatic heterocycles. The Bertz CT molecular complexity index is 591. The summed E-state index contributed by atoms with van der Waals surface area (Å²) in [5.41, 5.74) is -4.40. The monoisotopic (exact) mass is 364 g/mol. The number of esters is 1. The van der Waals surface area contributed by atoms with Gasteiger partial charge < -0.3 is 15.4 Å². The van der Waals surface area contributed by atoms with Crippen molar-refractivity contribution in [1.82, 2.24) is 10.6 Å². The van der Waals surface area contributed by atoms with Crippen LogP contribution in [0.25, 0.3) is 0 Å². The highest BCUT2D eigenvalue weighted by Gasteiger charge is 2.29. The van der Waals surface area contributed by atoms with Crippen molar-refractivity contribution in [3.8, 4) is 0 Å². The Labute approximate surface area is 140 Å². The predicted molar refractivity (Wildman–Crippen MR) is 80.3 cm³/mol. The van der Waals surface area contributed by atoms with Crippen LogP contribution in [0.4, 0.5) is 13.2 Å². The molecule has 24 heavy (non-hydrogen) atoms. The largest absolute Gasteiger partial charge is 0.452 e. The number of nitrogens with one attached hydrogen (secondary N) is 2. The third-order valence-corrected chi connectivity index (χ3v) is 3.22. The van der Waals surface area contributed by atoms with E-state index in [0.717, 1.165) is 12.1 Å². The quantitative estimate of drug-likeness (QED) is 0.568. The van der Waals surface area contributed by atoms with Gasteiger partial charge in [-0.1, -0.05) is 0 Å². The molecule has 132 valence electrons. The van der Waals surface area contributed by atoms with Gasteiger partial charge in [0, 0.05) is 11.4 Å². The summed E-state index contributed by atoms with van der Waals surface area (Å²) in [6.45, 7) is 1.30. The molecule has 10 heteroatoms. The van der Waals surface area contributed by atoms with E-state index < -0.39 is 24.0 Å². The van der Waals surface area contributed by atoms with Crippen LogP contribution in [0, 0.1) is 0 Å². The Kier molecular flexibility index (Phi) is 7.56. The number of ether oxygens (including phenoxy) is 1. The van der Waals surface area contributed by atoms with Gasteiger partial charge in [0.15, 0.2) is 6.61 Å². The van der Waals surface area contributed by atoms with Gasteiger partial charge in [-0.15, -0.1) is 0 Å². The molecule has 0 fully saturated rings. The summed E-state index contributed by atoms with van der Waals surface area (Å²) < 4.78 is 41.3. The van der Waals surface area contributed by atoms with Crippen molar-refractivity contribution in [2.45, 2.75) is 17.3 Å². The smallest absolute Gasteiger partial charge is 0.446 e. The highest BCUT2D eigenvalue weighted by Crippen LogP contribution is 2.36. The maximum atomic E-state index is 12.2. The number of thioether (sulfide) groups is 1. The molecule has 1 aromatic carbocycles. The van der Waals surface area contributed by atoms with Gasteiger partial charge in [-0.25, -0.2) is 4.79 Å². The maximum Gasteiger partial charge on any atom is 0.446 e. The summed E-state index contributed by atoms with van der Waals surface area (Å²) in [5.74, 6) is -1.90. The summed E-state index contributed by atoms with van der Waals surface area (Å²) in [6.07, 6.45) is 0. The van der Waals surface area contributed by atoms with Gasteiger partial charge in [-0.3, -0.25) is 9.59 Å². The second kappa shape index (κ2) is 9.16. The Hall–Kier alpha value is -2.23. The number of halogens is 3. The molecule has 0 unspecified atom stereocenters. The fourth-order valence-corrected chi connectivity index (χ4v) is 2.04. The van der Waals surface area contributed by atoms with Crippen LogP contribution in [-0.2, 0) is 14.3 Å². The fraction of sp³-hybridized carbons (Fsp3) is 0.357. The Morgan fingerprint density at radius 3 is 2.25 bits per heavy atom. The van der Waals surface area contributed by atoms with Gasteiger partial charge in [0.1, 0.15) is 0 Å². The van der Waals surface area contributed by atoms with Crippen LogP contribution in [0.15, 0.2) is 29.2 Å². The number of likely N-dealkylation sites (N-methyl/N-ethyl adjacent to an activating group) is 1. The molecule has 0 aliphatic rings. The zero-order valence-corrected chi connectivity index (χ0v) is 13.4. The lowest BCUT2D eigenvalue weighted by Gasteiger charge is -2.08. The normalized spacial score (nSPS) is 10.8. The van der Waals surface area contributed by atoms with E-state index in [1.165, 1.54) is 12.1 Å². The van der Waals surface area contributed by atoms with Crippen LogP contribution in [0.3, 0.4) is 0 Å². The molecule has 2 amide bonds. The van der Waals surface area contributed by atoms with Crippen molar-refractivity contribution in [2.75, 3.05) is 19.7 Å². The van der Waals surface area contributed by atoms with Gasteiger partial charge in [-0.2, -0.15) is 13.2 Å². The topological polar surface area (TPSA) is 84.5 Å². The molecule has 0 saturated heterocycles. The zero-order valence-electron chi connectivity index (χ0n) is 12.6. The van der Waals surface area contributed by atoms with E-state index in [4.69, 9.17) is 4.74 Å². The maximum absolute atomic E-state index is 12.2. The molecule has 0 heterocycles. The third kappa shape index (κ3) is 7.86. The Morgan fingerprint density at radius 1 is 1.08 bits per heavy atom. The van der Waals surface area contributed by atoms with Gasteiger partial charge in [0.05, 0.1) is 12.1 Å². The number of benzene rings is 1. The van der Waals surface area contributed by atoms with E-state index in [2.05, 4.69) is 10.6 Å². The molecule has 0 spiro atoms. The minimum Gasteiger partial charge on any atom is -0.452 e. The fourth-order valence-electron chi connectivity index (χ4n) is 1.50. The summed E-state index contributed by atoms with van der Waals surface area (Å²) in [7, 11) is 0. The number of carbonyl (C=O) groups excluding carboxylic acids is 3. The number of amides is 2. The first kappa shape index (κ1) is 19.8. The second-order valence-electron chi connectivity index (χ2n) is 4.38. The van der Waals surface area contributed by atoms with Crippen molar-refractivity contribution in [2.24, 2.45) is 0 Å².